The highest BCUT2D eigenvalue weighted by Gasteiger charge is 2.08. The Hall–Kier alpha value is -1.54. The van der Waals surface area contributed by atoms with Crippen molar-refractivity contribution in [1.82, 2.24) is 0 Å². The summed E-state index contributed by atoms with van der Waals surface area (Å²) in [6.07, 6.45) is 4.26. The Balaban J connectivity index is 2.17. The lowest BCUT2D eigenvalue weighted by Gasteiger charge is -2.12. The monoisotopic (exact) mass is 215 g/mol. The van der Waals surface area contributed by atoms with Crippen molar-refractivity contribution in [3.05, 3.63) is 59.0 Å². The molecule has 2 N–H and O–H groups in total. The Morgan fingerprint density at radius 2 is 1.88 bits per heavy atom. The van der Waals surface area contributed by atoms with Crippen LogP contribution in [0, 0.1) is 13.8 Å². The van der Waals surface area contributed by atoms with Crippen molar-refractivity contribution in [3.63, 3.8) is 0 Å². The van der Waals surface area contributed by atoms with Crippen LogP contribution in [0.2, 0.25) is 0 Å². The van der Waals surface area contributed by atoms with Crippen LogP contribution >= 0.6 is 0 Å². The third kappa shape index (κ3) is 2.52. The summed E-state index contributed by atoms with van der Waals surface area (Å²) in [6, 6.07) is 8.46. The summed E-state index contributed by atoms with van der Waals surface area (Å²) in [4.78, 5) is 0. The van der Waals surface area contributed by atoms with Crippen LogP contribution in [0.4, 0.5) is 0 Å². The van der Waals surface area contributed by atoms with E-state index in [0.717, 1.165) is 12.0 Å². The molecular weight excluding hydrogens is 198 g/mol. The first-order chi connectivity index (χ1) is 7.65. The SMILES string of the molecule is Cc1cc(C)cc(C(N)Cc2ccoc2)c1. The normalized spacial score (nSPS) is 12.7. The number of hydrogen-bond donors (Lipinski definition) is 1. The van der Waals surface area contributed by atoms with E-state index in [2.05, 4.69) is 32.0 Å². The Morgan fingerprint density at radius 1 is 1.19 bits per heavy atom. The zero-order chi connectivity index (χ0) is 11.5. The fraction of sp³-hybridized carbons (Fsp3) is 0.286. The molecule has 1 aromatic heterocycles. The van der Waals surface area contributed by atoms with E-state index in [0.29, 0.717) is 0 Å². The molecule has 0 saturated carbocycles. The van der Waals surface area contributed by atoms with Crippen molar-refractivity contribution in [2.75, 3.05) is 0 Å². The lowest BCUT2D eigenvalue weighted by molar-refractivity contribution is 0.561. The molecule has 84 valence electrons. The molecule has 0 bridgehead atoms. The molecule has 2 rings (SSSR count). The van der Waals surface area contributed by atoms with Gasteiger partial charge in [0.2, 0.25) is 0 Å². The second-order valence-electron chi connectivity index (χ2n) is 4.36. The summed E-state index contributed by atoms with van der Waals surface area (Å²) < 4.78 is 5.04. The third-order valence-electron chi connectivity index (χ3n) is 2.71. The van der Waals surface area contributed by atoms with Crippen LogP contribution < -0.4 is 5.73 Å². The van der Waals surface area contributed by atoms with Crippen molar-refractivity contribution in [2.45, 2.75) is 26.3 Å². The molecule has 0 spiro atoms. The standard InChI is InChI=1S/C14H17NO/c1-10-5-11(2)7-13(6-10)14(15)8-12-3-4-16-9-12/h3-7,9,14H,8,15H2,1-2H3. The van der Waals surface area contributed by atoms with Gasteiger partial charge >= 0.3 is 0 Å². The highest BCUT2D eigenvalue weighted by Crippen LogP contribution is 2.19. The second-order valence-corrected chi connectivity index (χ2v) is 4.36. The van der Waals surface area contributed by atoms with Crippen molar-refractivity contribution < 1.29 is 4.42 Å². The van der Waals surface area contributed by atoms with Gasteiger partial charge in [0.1, 0.15) is 0 Å². The quantitative estimate of drug-likeness (QED) is 0.854. The molecule has 1 atom stereocenters. The molecule has 1 unspecified atom stereocenters. The molecule has 0 saturated heterocycles. The molecule has 2 heteroatoms. The number of hydrogen-bond acceptors (Lipinski definition) is 2. The van der Waals surface area contributed by atoms with Gasteiger partial charge in [0.25, 0.3) is 0 Å². The van der Waals surface area contributed by atoms with Gasteiger partial charge in [0.15, 0.2) is 0 Å². The van der Waals surface area contributed by atoms with Gasteiger partial charge in [0, 0.05) is 6.04 Å². The van der Waals surface area contributed by atoms with E-state index in [9.17, 15) is 0 Å². The highest BCUT2D eigenvalue weighted by molar-refractivity contribution is 5.31. The Bertz CT molecular complexity index is 439. The molecule has 1 heterocycles. The number of rotatable bonds is 3. The average Bonchev–Trinajstić information content (AvgIpc) is 2.68. The first-order valence-electron chi connectivity index (χ1n) is 5.50. The van der Waals surface area contributed by atoms with Gasteiger partial charge in [-0.2, -0.15) is 0 Å². The minimum Gasteiger partial charge on any atom is -0.472 e. The Kier molecular flexibility index (Phi) is 3.11. The first kappa shape index (κ1) is 11.0. The number of aryl methyl sites for hydroxylation is 2. The molecule has 16 heavy (non-hydrogen) atoms. The van der Waals surface area contributed by atoms with Crippen LogP contribution in [0.1, 0.15) is 28.3 Å². The maximum atomic E-state index is 6.18. The fourth-order valence-corrected chi connectivity index (χ4v) is 2.00. The number of furan rings is 1. The summed E-state index contributed by atoms with van der Waals surface area (Å²) in [6.45, 7) is 4.20. The Morgan fingerprint density at radius 3 is 2.44 bits per heavy atom. The van der Waals surface area contributed by atoms with Gasteiger partial charge in [0.05, 0.1) is 12.5 Å². The maximum absolute atomic E-state index is 6.18. The van der Waals surface area contributed by atoms with E-state index in [4.69, 9.17) is 10.2 Å². The molecule has 0 radical (unpaired) electrons. The number of benzene rings is 1. The lowest BCUT2D eigenvalue weighted by Crippen LogP contribution is -2.13. The largest absolute Gasteiger partial charge is 0.472 e. The van der Waals surface area contributed by atoms with E-state index in [-0.39, 0.29) is 6.04 Å². The van der Waals surface area contributed by atoms with E-state index >= 15 is 0 Å². The first-order valence-corrected chi connectivity index (χ1v) is 5.50. The zero-order valence-electron chi connectivity index (χ0n) is 9.73. The van der Waals surface area contributed by atoms with E-state index < -0.39 is 0 Å². The summed E-state index contributed by atoms with van der Waals surface area (Å²) >= 11 is 0. The molecule has 0 aliphatic heterocycles. The van der Waals surface area contributed by atoms with Gasteiger partial charge in [-0.1, -0.05) is 29.3 Å². The smallest absolute Gasteiger partial charge is 0.0935 e. The summed E-state index contributed by atoms with van der Waals surface area (Å²) in [5.41, 5.74) is 11.0. The van der Waals surface area contributed by atoms with Crippen molar-refractivity contribution in [3.8, 4) is 0 Å². The second kappa shape index (κ2) is 4.54. The minimum absolute atomic E-state index is 0.0381. The van der Waals surface area contributed by atoms with E-state index in [1.807, 2.05) is 6.07 Å². The van der Waals surface area contributed by atoms with Crippen LogP contribution in [0.5, 0.6) is 0 Å². The summed E-state index contributed by atoms with van der Waals surface area (Å²) in [5, 5.41) is 0. The Labute approximate surface area is 96.1 Å². The van der Waals surface area contributed by atoms with E-state index in [1.165, 1.54) is 16.7 Å². The van der Waals surface area contributed by atoms with Crippen LogP contribution in [-0.2, 0) is 6.42 Å². The molecular formula is C14H17NO. The fourth-order valence-electron chi connectivity index (χ4n) is 2.00. The predicted molar refractivity (Wildman–Crippen MR) is 65.3 cm³/mol. The third-order valence-corrected chi connectivity index (χ3v) is 2.71. The van der Waals surface area contributed by atoms with Gasteiger partial charge in [-0.3, -0.25) is 0 Å². The van der Waals surface area contributed by atoms with Crippen LogP contribution in [0.15, 0.2) is 41.2 Å². The molecule has 0 amide bonds. The predicted octanol–water partition coefficient (Wildman–Crippen LogP) is 3.14. The van der Waals surface area contributed by atoms with Crippen molar-refractivity contribution in [1.29, 1.82) is 0 Å². The summed E-state index contributed by atoms with van der Waals surface area (Å²) in [7, 11) is 0. The molecule has 2 aromatic rings. The van der Waals surface area contributed by atoms with Crippen molar-refractivity contribution in [2.24, 2.45) is 5.73 Å². The van der Waals surface area contributed by atoms with Gasteiger partial charge in [-0.25, -0.2) is 0 Å². The molecule has 0 aliphatic rings. The molecule has 0 aliphatic carbocycles. The highest BCUT2D eigenvalue weighted by atomic mass is 16.3. The lowest BCUT2D eigenvalue weighted by atomic mass is 9.98. The van der Waals surface area contributed by atoms with Gasteiger partial charge in [-0.15, -0.1) is 0 Å². The minimum atomic E-state index is 0.0381. The van der Waals surface area contributed by atoms with Crippen molar-refractivity contribution >= 4 is 0 Å². The molecule has 2 nitrogen and oxygen atoms in total. The molecule has 0 fully saturated rings. The van der Waals surface area contributed by atoms with Crippen LogP contribution in [0.25, 0.3) is 0 Å². The topological polar surface area (TPSA) is 39.2 Å². The number of nitrogens with two attached hydrogens (primary N) is 1. The zero-order valence-corrected chi connectivity index (χ0v) is 9.73. The van der Waals surface area contributed by atoms with E-state index in [1.54, 1.807) is 12.5 Å². The molecule has 1 aromatic carbocycles. The van der Waals surface area contributed by atoms with Gasteiger partial charge in [-0.05, 0) is 37.5 Å². The van der Waals surface area contributed by atoms with Crippen LogP contribution in [-0.4, -0.2) is 0 Å². The van der Waals surface area contributed by atoms with Gasteiger partial charge < -0.3 is 10.2 Å². The maximum Gasteiger partial charge on any atom is 0.0935 e. The van der Waals surface area contributed by atoms with Crippen LogP contribution in [0.3, 0.4) is 0 Å². The summed E-state index contributed by atoms with van der Waals surface area (Å²) in [5.74, 6) is 0. The average molecular weight is 215 g/mol.